The summed E-state index contributed by atoms with van der Waals surface area (Å²) in [6, 6.07) is 17.0. The Kier molecular flexibility index (Phi) is 5.81. The molecule has 9 nitrogen and oxygen atoms in total. The van der Waals surface area contributed by atoms with Gasteiger partial charge in [-0.2, -0.15) is 0 Å². The van der Waals surface area contributed by atoms with Crippen LogP contribution >= 0.6 is 0 Å². The van der Waals surface area contributed by atoms with Crippen LogP contribution in [0.4, 0.5) is 4.79 Å². The van der Waals surface area contributed by atoms with Crippen LogP contribution in [-0.4, -0.2) is 80.5 Å². The van der Waals surface area contributed by atoms with Crippen molar-refractivity contribution in [1.29, 1.82) is 0 Å². The lowest BCUT2D eigenvalue weighted by Crippen LogP contribution is -2.53. The number of amides is 2. The van der Waals surface area contributed by atoms with Crippen molar-refractivity contribution in [3.05, 3.63) is 59.7 Å². The number of hydrogen-bond acceptors (Lipinski definition) is 5. The molecule has 3 aromatic carbocycles. The predicted octanol–water partition coefficient (Wildman–Crippen LogP) is 4.98. The summed E-state index contributed by atoms with van der Waals surface area (Å²) >= 11 is 0. The number of carbonyl (C=O) groups excluding carboxylic acids is 2. The SMILES string of the molecule is O=C1NCc2c1c1c3ccccc3n3c1c1c2c2ccccc2n1CC(O)(COC(=O)N1CCN(C2CCCCC2)CC1)C3. The average molecular weight is 592 g/mol. The molecule has 4 aliphatic rings. The summed E-state index contributed by atoms with van der Waals surface area (Å²) < 4.78 is 10.3. The van der Waals surface area contributed by atoms with Crippen molar-refractivity contribution in [1.82, 2.24) is 24.3 Å². The van der Waals surface area contributed by atoms with Crippen LogP contribution in [0.3, 0.4) is 0 Å². The van der Waals surface area contributed by atoms with Gasteiger partial charge in [-0.3, -0.25) is 9.69 Å². The minimum atomic E-state index is -1.37. The van der Waals surface area contributed by atoms with Crippen LogP contribution in [-0.2, 0) is 24.4 Å². The van der Waals surface area contributed by atoms with Crippen LogP contribution in [0, 0.1) is 0 Å². The van der Waals surface area contributed by atoms with Gasteiger partial charge in [0.25, 0.3) is 5.91 Å². The van der Waals surface area contributed by atoms with E-state index in [1.807, 2.05) is 24.3 Å². The number of aromatic nitrogens is 2. The van der Waals surface area contributed by atoms with Gasteiger partial charge in [0.1, 0.15) is 12.2 Å². The Morgan fingerprint density at radius 1 is 0.864 bits per heavy atom. The zero-order chi connectivity index (χ0) is 29.6. The summed E-state index contributed by atoms with van der Waals surface area (Å²) in [5.74, 6) is -0.0568. The van der Waals surface area contributed by atoms with Gasteiger partial charge in [-0.1, -0.05) is 55.7 Å². The predicted molar refractivity (Wildman–Crippen MR) is 170 cm³/mol. The number of piperazine rings is 1. The van der Waals surface area contributed by atoms with Gasteiger partial charge < -0.3 is 29.2 Å². The van der Waals surface area contributed by atoms with Crippen LogP contribution in [0.5, 0.6) is 0 Å². The molecular weight excluding hydrogens is 554 g/mol. The summed E-state index contributed by atoms with van der Waals surface area (Å²) in [6.45, 7) is 3.92. The van der Waals surface area contributed by atoms with Gasteiger partial charge in [0.05, 0.1) is 29.7 Å². The minimum absolute atomic E-state index is 0.0568. The third-order valence-electron chi connectivity index (χ3n) is 10.7. The molecule has 1 aliphatic carbocycles. The van der Waals surface area contributed by atoms with Crippen LogP contribution in [0.1, 0.15) is 48.0 Å². The molecule has 2 fully saturated rings. The maximum atomic E-state index is 13.4. The molecule has 5 aromatic rings. The van der Waals surface area contributed by atoms with Crippen LogP contribution in [0.2, 0.25) is 0 Å². The smallest absolute Gasteiger partial charge is 0.409 e. The standard InChI is InChI=1S/C35H37N5O4/c41-33-30-25(18-36-33)28-23-10-4-6-12-26(23)39-19-35(43,20-40-27-13-7-5-11-24(27)29(30)32(40)31(28)39)21-44-34(42)38-16-14-37(15-17-38)22-8-2-1-3-9-22/h4-7,10-13,22,43H,1-3,8-9,14-21H2,(H,36,41). The van der Waals surface area contributed by atoms with Gasteiger partial charge in [0.15, 0.2) is 0 Å². The van der Waals surface area contributed by atoms with Crippen molar-refractivity contribution in [2.24, 2.45) is 0 Å². The second kappa shape index (κ2) is 9.71. The number of rotatable bonds is 3. The quantitative estimate of drug-likeness (QED) is 0.309. The molecule has 2 N–H and O–H groups in total. The summed E-state index contributed by atoms with van der Waals surface area (Å²) in [6.07, 6.45) is 6.10. The van der Waals surface area contributed by atoms with E-state index in [4.69, 9.17) is 4.74 Å². The van der Waals surface area contributed by atoms with Gasteiger partial charge in [0.2, 0.25) is 0 Å². The molecule has 1 saturated heterocycles. The van der Waals surface area contributed by atoms with Gasteiger partial charge in [-0.15, -0.1) is 0 Å². The van der Waals surface area contributed by atoms with E-state index < -0.39 is 5.60 Å². The highest BCUT2D eigenvalue weighted by atomic mass is 16.6. The van der Waals surface area contributed by atoms with Crippen molar-refractivity contribution in [2.75, 3.05) is 32.8 Å². The van der Waals surface area contributed by atoms with Crippen LogP contribution in [0.25, 0.3) is 43.6 Å². The Hall–Kier alpha value is -4.08. The van der Waals surface area contributed by atoms with Crippen molar-refractivity contribution >= 4 is 55.6 Å². The third kappa shape index (κ3) is 3.78. The molecule has 0 spiro atoms. The number of hydrogen-bond donors (Lipinski definition) is 2. The van der Waals surface area contributed by atoms with Gasteiger partial charge >= 0.3 is 6.09 Å². The van der Waals surface area contributed by atoms with E-state index in [2.05, 4.69) is 43.6 Å². The highest BCUT2D eigenvalue weighted by Gasteiger charge is 2.40. The van der Waals surface area contributed by atoms with E-state index >= 15 is 0 Å². The molecule has 9 heteroatoms. The van der Waals surface area contributed by atoms with Crippen molar-refractivity contribution in [3.8, 4) is 0 Å². The first-order valence-electron chi connectivity index (χ1n) is 16.1. The first kappa shape index (κ1) is 26.3. The van der Waals surface area contributed by atoms with E-state index in [1.165, 1.54) is 32.1 Å². The maximum Gasteiger partial charge on any atom is 0.409 e. The molecule has 3 aliphatic heterocycles. The zero-order valence-electron chi connectivity index (χ0n) is 24.8. The Balaban J connectivity index is 1.10. The Bertz CT molecular complexity index is 1990. The highest BCUT2D eigenvalue weighted by molar-refractivity contribution is 6.30. The molecule has 5 heterocycles. The Labute approximate surface area is 254 Å². The molecule has 226 valence electrons. The van der Waals surface area contributed by atoms with Crippen LogP contribution in [0.15, 0.2) is 48.5 Å². The molecule has 1 saturated carbocycles. The lowest BCUT2D eigenvalue weighted by atomic mass is 9.94. The maximum absolute atomic E-state index is 13.4. The first-order valence-corrected chi connectivity index (χ1v) is 16.1. The van der Waals surface area contributed by atoms with Gasteiger partial charge in [-0.25, -0.2) is 4.79 Å². The highest BCUT2D eigenvalue weighted by Crippen LogP contribution is 2.46. The lowest BCUT2D eigenvalue weighted by Gasteiger charge is -2.40. The topological polar surface area (TPSA) is 92.0 Å². The fourth-order valence-electron chi connectivity index (χ4n) is 8.68. The molecule has 0 radical (unpaired) electrons. The zero-order valence-corrected chi connectivity index (χ0v) is 24.8. The number of carbonyl (C=O) groups is 2. The second-order valence-electron chi connectivity index (χ2n) is 13.3. The minimum Gasteiger partial charge on any atom is -0.446 e. The van der Waals surface area contributed by atoms with Gasteiger partial charge in [0, 0.05) is 71.3 Å². The molecule has 9 rings (SSSR count). The first-order chi connectivity index (χ1) is 21.5. The number of nitrogens with zero attached hydrogens (tertiary/aromatic N) is 4. The number of fused-ring (bicyclic) bond motifs is 9. The van der Waals surface area contributed by atoms with E-state index in [-0.39, 0.29) is 31.7 Å². The fourth-order valence-corrected chi connectivity index (χ4v) is 8.68. The number of para-hydroxylation sites is 2. The number of nitrogens with one attached hydrogen (secondary N) is 1. The summed E-state index contributed by atoms with van der Waals surface area (Å²) in [4.78, 5) is 31.0. The second-order valence-corrected chi connectivity index (χ2v) is 13.3. The summed E-state index contributed by atoms with van der Waals surface area (Å²) in [7, 11) is 0. The van der Waals surface area contributed by atoms with Crippen molar-refractivity contribution in [3.63, 3.8) is 0 Å². The molecule has 2 aromatic heterocycles. The lowest BCUT2D eigenvalue weighted by molar-refractivity contribution is -0.0509. The number of aliphatic hydroxyl groups is 1. The number of benzene rings is 3. The fraction of sp³-hybridized carbons (Fsp3) is 0.429. The molecule has 1 unspecified atom stereocenters. The molecule has 0 bridgehead atoms. The largest absolute Gasteiger partial charge is 0.446 e. The van der Waals surface area contributed by atoms with E-state index in [9.17, 15) is 14.7 Å². The van der Waals surface area contributed by atoms with E-state index in [0.717, 1.165) is 67.8 Å². The Morgan fingerprint density at radius 2 is 1.48 bits per heavy atom. The molecule has 44 heavy (non-hydrogen) atoms. The summed E-state index contributed by atoms with van der Waals surface area (Å²) in [5, 5.41) is 19.5. The van der Waals surface area contributed by atoms with Crippen molar-refractivity contribution < 1.29 is 19.4 Å². The summed E-state index contributed by atoms with van der Waals surface area (Å²) in [5.41, 5.74) is 4.31. The van der Waals surface area contributed by atoms with E-state index in [1.54, 1.807) is 4.90 Å². The Morgan fingerprint density at radius 3 is 2.16 bits per heavy atom. The van der Waals surface area contributed by atoms with Crippen LogP contribution < -0.4 is 5.32 Å². The van der Waals surface area contributed by atoms with Crippen molar-refractivity contribution in [2.45, 2.75) is 63.4 Å². The molecular formula is C35H37N5O4. The van der Waals surface area contributed by atoms with Gasteiger partial charge in [-0.05, 0) is 30.5 Å². The average Bonchev–Trinajstić information content (AvgIpc) is 3.67. The normalized spacial score (nSPS) is 22.8. The molecule has 1 atom stereocenters. The third-order valence-corrected chi connectivity index (χ3v) is 10.7. The number of ether oxygens (including phenoxy) is 1. The monoisotopic (exact) mass is 591 g/mol. The molecule has 2 amide bonds. The van der Waals surface area contributed by atoms with E-state index in [0.29, 0.717) is 25.7 Å².